The average molecular weight is 793 g/mol. The van der Waals surface area contributed by atoms with Crippen LogP contribution in [-0.2, 0) is 28.6 Å². The van der Waals surface area contributed by atoms with Crippen molar-refractivity contribution in [2.24, 2.45) is 11.8 Å². The lowest BCUT2D eigenvalue weighted by atomic mass is 9.99. The summed E-state index contributed by atoms with van der Waals surface area (Å²) in [6, 6.07) is 0. The van der Waals surface area contributed by atoms with Crippen LogP contribution < -0.4 is 0 Å². The van der Waals surface area contributed by atoms with E-state index < -0.39 is 6.10 Å². The standard InChI is InChI=1S/C50H96O6/c1-6-8-9-10-11-12-13-14-15-16-21-26-32-37-42-50(53)56-47(44-55-49(52)41-36-31-27-22-23-28-33-38-45(3)4)43-54-48(51)40-35-30-25-20-18-17-19-24-29-34-39-46(5)7-2/h45-47H,6-44H2,1-5H3/t46?,47-/m0/s1. The third-order valence-electron chi connectivity index (χ3n) is 11.6. The van der Waals surface area contributed by atoms with Crippen LogP contribution in [0.1, 0.15) is 272 Å². The van der Waals surface area contributed by atoms with Gasteiger partial charge in [-0.3, -0.25) is 14.4 Å². The van der Waals surface area contributed by atoms with Crippen molar-refractivity contribution in [3.05, 3.63) is 0 Å². The highest BCUT2D eigenvalue weighted by Crippen LogP contribution is 2.17. The molecule has 0 spiro atoms. The molecule has 6 nitrogen and oxygen atoms in total. The largest absolute Gasteiger partial charge is 0.462 e. The van der Waals surface area contributed by atoms with E-state index in [-0.39, 0.29) is 31.1 Å². The maximum absolute atomic E-state index is 12.7. The number of rotatable bonds is 44. The molecule has 0 fully saturated rings. The van der Waals surface area contributed by atoms with Gasteiger partial charge in [0.1, 0.15) is 13.2 Å². The molecule has 56 heavy (non-hydrogen) atoms. The molecule has 0 aromatic heterocycles. The number of carbonyl (C=O) groups excluding carboxylic acids is 3. The molecule has 0 radical (unpaired) electrons. The van der Waals surface area contributed by atoms with Gasteiger partial charge in [0.15, 0.2) is 6.10 Å². The van der Waals surface area contributed by atoms with E-state index in [1.165, 1.54) is 161 Å². The summed E-state index contributed by atoms with van der Waals surface area (Å²) in [4.78, 5) is 37.8. The molecule has 0 saturated heterocycles. The summed E-state index contributed by atoms with van der Waals surface area (Å²) in [6.07, 6.45) is 42.3. The molecule has 0 aliphatic rings. The molecule has 0 aliphatic carbocycles. The molecule has 0 N–H and O–H groups in total. The molecular formula is C50H96O6. The third kappa shape index (κ3) is 42.0. The molecule has 0 amide bonds. The maximum Gasteiger partial charge on any atom is 0.306 e. The van der Waals surface area contributed by atoms with Gasteiger partial charge in [-0.15, -0.1) is 0 Å². The molecule has 0 aromatic carbocycles. The van der Waals surface area contributed by atoms with Gasteiger partial charge in [-0.1, -0.05) is 234 Å². The Hall–Kier alpha value is -1.59. The smallest absolute Gasteiger partial charge is 0.306 e. The SMILES string of the molecule is CCCCCCCCCCCCCCCCC(=O)O[C@@H](COC(=O)CCCCCCCCCCCCC(C)CC)COC(=O)CCCCCCCCCC(C)C. The van der Waals surface area contributed by atoms with E-state index in [0.717, 1.165) is 69.6 Å². The van der Waals surface area contributed by atoms with E-state index in [0.29, 0.717) is 19.3 Å². The Balaban J connectivity index is 4.32. The molecule has 6 heteroatoms. The first kappa shape index (κ1) is 54.4. The van der Waals surface area contributed by atoms with Gasteiger partial charge in [0.05, 0.1) is 0 Å². The molecule has 0 heterocycles. The van der Waals surface area contributed by atoms with Crippen LogP contribution in [0.25, 0.3) is 0 Å². The summed E-state index contributed by atoms with van der Waals surface area (Å²) < 4.78 is 16.8. The van der Waals surface area contributed by atoms with E-state index in [4.69, 9.17) is 14.2 Å². The lowest BCUT2D eigenvalue weighted by Gasteiger charge is -2.18. The van der Waals surface area contributed by atoms with Crippen molar-refractivity contribution in [1.29, 1.82) is 0 Å². The van der Waals surface area contributed by atoms with Crippen molar-refractivity contribution in [2.45, 2.75) is 278 Å². The molecule has 0 aliphatic heterocycles. The van der Waals surface area contributed by atoms with Crippen LogP contribution >= 0.6 is 0 Å². The summed E-state index contributed by atoms with van der Waals surface area (Å²) in [5, 5.41) is 0. The number of unbranched alkanes of at least 4 members (excludes halogenated alkanes) is 28. The van der Waals surface area contributed by atoms with Gasteiger partial charge in [0.2, 0.25) is 0 Å². The zero-order valence-electron chi connectivity index (χ0n) is 38.3. The molecule has 2 atom stereocenters. The maximum atomic E-state index is 12.7. The fourth-order valence-electron chi connectivity index (χ4n) is 7.43. The number of ether oxygens (including phenoxy) is 3. The molecule has 332 valence electrons. The zero-order valence-corrected chi connectivity index (χ0v) is 38.3. The second kappa shape index (κ2) is 43.0. The number of hydrogen-bond donors (Lipinski definition) is 0. The molecule has 1 unspecified atom stereocenters. The van der Waals surface area contributed by atoms with Crippen molar-refractivity contribution in [3.8, 4) is 0 Å². The van der Waals surface area contributed by atoms with Crippen LogP contribution in [0.15, 0.2) is 0 Å². The van der Waals surface area contributed by atoms with Gasteiger partial charge in [-0.2, -0.15) is 0 Å². The van der Waals surface area contributed by atoms with Gasteiger partial charge >= 0.3 is 17.9 Å². The Labute approximate surface area is 348 Å². The summed E-state index contributed by atoms with van der Waals surface area (Å²) in [7, 11) is 0. The van der Waals surface area contributed by atoms with E-state index in [1.807, 2.05) is 0 Å². The van der Waals surface area contributed by atoms with Gasteiger partial charge in [-0.25, -0.2) is 0 Å². The average Bonchev–Trinajstić information content (AvgIpc) is 3.18. The normalized spacial score (nSPS) is 12.5. The van der Waals surface area contributed by atoms with Crippen LogP contribution in [0.2, 0.25) is 0 Å². The monoisotopic (exact) mass is 793 g/mol. The molecule has 0 saturated carbocycles. The van der Waals surface area contributed by atoms with E-state index in [1.54, 1.807) is 0 Å². The first-order valence-electron chi connectivity index (χ1n) is 24.8. The van der Waals surface area contributed by atoms with Crippen LogP contribution in [0.3, 0.4) is 0 Å². The predicted octanol–water partition coefficient (Wildman–Crippen LogP) is 15.8. The summed E-state index contributed by atoms with van der Waals surface area (Å²) in [6.45, 7) is 11.3. The Bertz CT molecular complexity index is 856. The van der Waals surface area contributed by atoms with E-state index in [2.05, 4.69) is 34.6 Å². The summed E-state index contributed by atoms with van der Waals surface area (Å²) in [5.41, 5.74) is 0. The van der Waals surface area contributed by atoms with Gasteiger partial charge in [-0.05, 0) is 31.1 Å². The third-order valence-corrected chi connectivity index (χ3v) is 11.6. The Morgan fingerprint density at radius 1 is 0.375 bits per heavy atom. The molecule has 0 rings (SSSR count). The number of hydrogen-bond acceptors (Lipinski definition) is 6. The van der Waals surface area contributed by atoms with Crippen LogP contribution in [0.4, 0.5) is 0 Å². The van der Waals surface area contributed by atoms with Gasteiger partial charge in [0.25, 0.3) is 0 Å². The van der Waals surface area contributed by atoms with Crippen molar-refractivity contribution in [2.75, 3.05) is 13.2 Å². The highest BCUT2D eigenvalue weighted by Gasteiger charge is 2.19. The lowest BCUT2D eigenvalue weighted by Crippen LogP contribution is -2.30. The first-order valence-corrected chi connectivity index (χ1v) is 24.8. The van der Waals surface area contributed by atoms with E-state index in [9.17, 15) is 14.4 Å². The van der Waals surface area contributed by atoms with Gasteiger partial charge in [0, 0.05) is 19.3 Å². The van der Waals surface area contributed by atoms with Gasteiger partial charge < -0.3 is 14.2 Å². The molecular weight excluding hydrogens is 697 g/mol. The second-order valence-corrected chi connectivity index (χ2v) is 17.8. The van der Waals surface area contributed by atoms with Crippen molar-refractivity contribution < 1.29 is 28.6 Å². The lowest BCUT2D eigenvalue weighted by molar-refractivity contribution is -0.167. The fraction of sp³-hybridized carbons (Fsp3) is 0.940. The quantitative estimate of drug-likeness (QED) is 0.0347. The highest BCUT2D eigenvalue weighted by molar-refractivity contribution is 5.71. The van der Waals surface area contributed by atoms with E-state index >= 15 is 0 Å². The topological polar surface area (TPSA) is 78.9 Å². The van der Waals surface area contributed by atoms with Crippen molar-refractivity contribution in [1.82, 2.24) is 0 Å². The fourth-order valence-corrected chi connectivity index (χ4v) is 7.43. The second-order valence-electron chi connectivity index (χ2n) is 17.8. The van der Waals surface area contributed by atoms with Crippen LogP contribution in [0.5, 0.6) is 0 Å². The number of esters is 3. The predicted molar refractivity (Wildman–Crippen MR) is 238 cm³/mol. The Kier molecular flexibility index (Phi) is 41.8. The summed E-state index contributed by atoms with van der Waals surface area (Å²) in [5.74, 6) is 0.797. The minimum atomic E-state index is -0.761. The Morgan fingerprint density at radius 2 is 0.679 bits per heavy atom. The molecule has 0 bridgehead atoms. The van der Waals surface area contributed by atoms with Crippen molar-refractivity contribution >= 4 is 17.9 Å². The van der Waals surface area contributed by atoms with Crippen molar-refractivity contribution in [3.63, 3.8) is 0 Å². The van der Waals surface area contributed by atoms with Crippen LogP contribution in [0, 0.1) is 11.8 Å². The minimum absolute atomic E-state index is 0.0647. The minimum Gasteiger partial charge on any atom is -0.462 e. The first-order chi connectivity index (χ1) is 27.3. The zero-order chi connectivity index (χ0) is 41.2. The number of carbonyl (C=O) groups is 3. The Morgan fingerprint density at radius 3 is 1.02 bits per heavy atom. The summed E-state index contributed by atoms with van der Waals surface area (Å²) >= 11 is 0. The highest BCUT2D eigenvalue weighted by atomic mass is 16.6. The van der Waals surface area contributed by atoms with Crippen LogP contribution in [-0.4, -0.2) is 37.2 Å². The molecule has 0 aromatic rings.